The van der Waals surface area contributed by atoms with Crippen LogP contribution < -0.4 is 5.32 Å². The standard InChI is InChI=1S/C11H12N2O2S2/c1-11(10(14)15,9-12-4-6-17-9)13-7-8-3-2-5-16-8/h2-6,13H,7H2,1H3,(H,14,15). The maximum Gasteiger partial charge on any atom is 0.330 e. The highest BCUT2D eigenvalue weighted by atomic mass is 32.1. The van der Waals surface area contributed by atoms with Crippen LogP contribution in [0.4, 0.5) is 0 Å². The van der Waals surface area contributed by atoms with E-state index in [1.54, 1.807) is 29.8 Å². The van der Waals surface area contributed by atoms with Crippen LogP contribution in [0.5, 0.6) is 0 Å². The van der Waals surface area contributed by atoms with E-state index in [9.17, 15) is 9.90 Å². The molecule has 0 aromatic carbocycles. The summed E-state index contributed by atoms with van der Waals surface area (Å²) in [5.74, 6) is -0.913. The summed E-state index contributed by atoms with van der Waals surface area (Å²) < 4.78 is 0. The highest BCUT2D eigenvalue weighted by molar-refractivity contribution is 7.10. The van der Waals surface area contributed by atoms with Crippen LogP contribution in [-0.4, -0.2) is 16.1 Å². The second kappa shape index (κ2) is 4.95. The lowest BCUT2D eigenvalue weighted by Gasteiger charge is -2.23. The molecule has 2 rings (SSSR count). The van der Waals surface area contributed by atoms with Gasteiger partial charge in [0.25, 0.3) is 0 Å². The van der Waals surface area contributed by atoms with E-state index in [0.717, 1.165) is 4.88 Å². The fraction of sp³-hybridized carbons (Fsp3) is 0.273. The molecular formula is C11H12N2O2S2. The van der Waals surface area contributed by atoms with Gasteiger partial charge in [0, 0.05) is 23.0 Å². The van der Waals surface area contributed by atoms with E-state index in [2.05, 4.69) is 10.3 Å². The SMILES string of the molecule is CC(NCc1cccs1)(C(=O)O)c1nccs1. The van der Waals surface area contributed by atoms with Crippen LogP contribution in [0.3, 0.4) is 0 Å². The number of rotatable bonds is 5. The van der Waals surface area contributed by atoms with Crippen molar-refractivity contribution >= 4 is 28.6 Å². The molecule has 6 heteroatoms. The molecule has 2 N–H and O–H groups in total. The normalized spacial score (nSPS) is 14.4. The van der Waals surface area contributed by atoms with Crippen molar-refractivity contribution in [3.8, 4) is 0 Å². The number of nitrogens with one attached hydrogen (secondary N) is 1. The predicted octanol–water partition coefficient (Wildman–Crippen LogP) is 2.29. The number of thiazole rings is 1. The molecular weight excluding hydrogens is 256 g/mol. The van der Waals surface area contributed by atoms with Crippen LogP contribution in [0.15, 0.2) is 29.1 Å². The van der Waals surface area contributed by atoms with Gasteiger partial charge in [-0.15, -0.1) is 22.7 Å². The Morgan fingerprint density at radius 1 is 1.53 bits per heavy atom. The molecule has 1 unspecified atom stereocenters. The molecule has 0 fully saturated rings. The second-order valence-electron chi connectivity index (χ2n) is 3.70. The number of carbonyl (C=O) groups is 1. The Hall–Kier alpha value is -1.24. The zero-order valence-electron chi connectivity index (χ0n) is 9.21. The van der Waals surface area contributed by atoms with Gasteiger partial charge in [-0.1, -0.05) is 6.07 Å². The largest absolute Gasteiger partial charge is 0.480 e. The van der Waals surface area contributed by atoms with Crippen molar-refractivity contribution < 1.29 is 9.90 Å². The topological polar surface area (TPSA) is 62.2 Å². The summed E-state index contributed by atoms with van der Waals surface area (Å²) in [6.07, 6.45) is 1.62. The van der Waals surface area contributed by atoms with E-state index in [1.807, 2.05) is 17.5 Å². The minimum absolute atomic E-state index is 0.528. The summed E-state index contributed by atoms with van der Waals surface area (Å²) in [4.78, 5) is 16.6. The number of carboxylic acid groups (broad SMARTS) is 1. The Labute approximate surface area is 107 Å². The molecule has 17 heavy (non-hydrogen) atoms. The van der Waals surface area contributed by atoms with Crippen molar-refractivity contribution in [3.63, 3.8) is 0 Å². The van der Waals surface area contributed by atoms with Crippen molar-refractivity contribution in [1.82, 2.24) is 10.3 Å². The van der Waals surface area contributed by atoms with Gasteiger partial charge in [0.05, 0.1) is 0 Å². The maximum absolute atomic E-state index is 11.4. The zero-order chi connectivity index (χ0) is 12.3. The molecule has 0 aliphatic rings. The van der Waals surface area contributed by atoms with Crippen LogP contribution in [0.2, 0.25) is 0 Å². The average molecular weight is 268 g/mol. The van der Waals surface area contributed by atoms with Crippen LogP contribution in [0, 0.1) is 0 Å². The molecule has 2 heterocycles. The average Bonchev–Trinajstić information content (AvgIpc) is 2.98. The number of aliphatic carboxylic acids is 1. The summed E-state index contributed by atoms with van der Waals surface area (Å²) in [7, 11) is 0. The minimum Gasteiger partial charge on any atom is -0.480 e. The third-order valence-electron chi connectivity index (χ3n) is 2.48. The first-order chi connectivity index (χ1) is 8.13. The molecule has 2 aromatic rings. The molecule has 0 saturated heterocycles. The van der Waals surface area contributed by atoms with Gasteiger partial charge in [0.1, 0.15) is 5.01 Å². The van der Waals surface area contributed by atoms with E-state index in [4.69, 9.17) is 0 Å². The first-order valence-electron chi connectivity index (χ1n) is 5.03. The van der Waals surface area contributed by atoms with Gasteiger partial charge in [-0.3, -0.25) is 5.32 Å². The number of hydrogen-bond donors (Lipinski definition) is 2. The third-order valence-corrected chi connectivity index (χ3v) is 4.36. The van der Waals surface area contributed by atoms with Crippen molar-refractivity contribution in [3.05, 3.63) is 39.0 Å². The fourth-order valence-corrected chi connectivity index (χ4v) is 2.80. The summed E-state index contributed by atoms with van der Waals surface area (Å²) in [5, 5.41) is 16.7. The van der Waals surface area contributed by atoms with Gasteiger partial charge >= 0.3 is 5.97 Å². The highest BCUT2D eigenvalue weighted by Gasteiger charge is 2.37. The zero-order valence-corrected chi connectivity index (χ0v) is 10.8. The second-order valence-corrected chi connectivity index (χ2v) is 5.63. The highest BCUT2D eigenvalue weighted by Crippen LogP contribution is 2.24. The maximum atomic E-state index is 11.4. The van der Waals surface area contributed by atoms with Gasteiger partial charge < -0.3 is 5.11 Å². The van der Waals surface area contributed by atoms with E-state index in [1.165, 1.54) is 11.3 Å². The Morgan fingerprint density at radius 3 is 2.88 bits per heavy atom. The molecule has 0 bridgehead atoms. The number of carboxylic acids is 1. The summed E-state index contributed by atoms with van der Waals surface area (Å²) >= 11 is 2.94. The quantitative estimate of drug-likeness (QED) is 0.873. The number of aromatic nitrogens is 1. The Morgan fingerprint density at radius 2 is 2.35 bits per heavy atom. The van der Waals surface area contributed by atoms with Gasteiger partial charge in [-0.25, -0.2) is 9.78 Å². The van der Waals surface area contributed by atoms with Crippen molar-refractivity contribution in [2.45, 2.75) is 19.0 Å². The predicted molar refractivity (Wildman–Crippen MR) is 68.3 cm³/mol. The fourth-order valence-electron chi connectivity index (χ4n) is 1.39. The lowest BCUT2D eigenvalue weighted by molar-refractivity contribution is -0.144. The first kappa shape index (κ1) is 12.2. The Bertz CT molecular complexity index is 482. The first-order valence-corrected chi connectivity index (χ1v) is 6.79. The lowest BCUT2D eigenvalue weighted by atomic mass is 10.0. The molecule has 0 amide bonds. The van der Waals surface area contributed by atoms with Gasteiger partial charge in [-0.05, 0) is 18.4 Å². The lowest BCUT2D eigenvalue weighted by Crippen LogP contribution is -2.46. The molecule has 1 atom stereocenters. The van der Waals surface area contributed by atoms with E-state index in [0.29, 0.717) is 11.6 Å². The molecule has 0 spiro atoms. The molecule has 90 valence electrons. The van der Waals surface area contributed by atoms with Gasteiger partial charge in [0.15, 0.2) is 5.54 Å². The van der Waals surface area contributed by atoms with E-state index in [-0.39, 0.29) is 0 Å². The van der Waals surface area contributed by atoms with Crippen LogP contribution in [0.25, 0.3) is 0 Å². The molecule has 0 saturated carbocycles. The Kier molecular flexibility index (Phi) is 3.56. The van der Waals surface area contributed by atoms with E-state index >= 15 is 0 Å². The summed E-state index contributed by atoms with van der Waals surface area (Å²) in [5.41, 5.74) is -1.13. The molecule has 0 aliphatic carbocycles. The molecule has 0 aliphatic heterocycles. The van der Waals surface area contributed by atoms with Crippen molar-refractivity contribution in [2.24, 2.45) is 0 Å². The number of hydrogen-bond acceptors (Lipinski definition) is 5. The molecule has 4 nitrogen and oxygen atoms in total. The van der Waals surface area contributed by atoms with Crippen LogP contribution in [-0.2, 0) is 16.9 Å². The van der Waals surface area contributed by atoms with Gasteiger partial charge in [0.2, 0.25) is 0 Å². The van der Waals surface area contributed by atoms with E-state index < -0.39 is 11.5 Å². The van der Waals surface area contributed by atoms with Crippen molar-refractivity contribution in [1.29, 1.82) is 0 Å². The van der Waals surface area contributed by atoms with Crippen LogP contribution >= 0.6 is 22.7 Å². The Balaban J connectivity index is 2.15. The number of thiophene rings is 1. The van der Waals surface area contributed by atoms with Crippen LogP contribution in [0.1, 0.15) is 16.8 Å². The van der Waals surface area contributed by atoms with Gasteiger partial charge in [-0.2, -0.15) is 0 Å². The minimum atomic E-state index is -1.13. The monoisotopic (exact) mass is 268 g/mol. The van der Waals surface area contributed by atoms with Crippen molar-refractivity contribution in [2.75, 3.05) is 0 Å². The number of nitrogens with zero attached hydrogens (tertiary/aromatic N) is 1. The molecule has 2 aromatic heterocycles. The summed E-state index contributed by atoms with van der Waals surface area (Å²) in [6, 6.07) is 3.92. The molecule has 0 radical (unpaired) electrons. The smallest absolute Gasteiger partial charge is 0.330 e. The summed E-state index contributed by atoms with van der Waals surface area (Å²) in [6.45, 7) is 2.17. The third kappa shape index (κ3) is 2.54.